The maximum Gasteiger partial charge on any atom is 0.414 e. The molecular weight excluding hydrogens is 404 g/mol. The number of aliphatic imine (C=N–C) groups is 2. The molecule has 160 valence electrons. The van der Waals surface area contributed by atoms with Crippen molar-refractivity contribution in [3.63, 3.8) is 0 Å². The highest BCUT2D eigenvalue weighted by molar-refractivity contribution is 6.31. The van der Waals surface area contributed by atoms with Gasteiger partial charge in [0.15, 0.2) is 34.4 Å². The summed E-state index contributed by atoms with van der Waals surface area (Å²) in [7, 11) is 0. The molecule has 1 heterocycles. The van der Waals surface area contributed by atoms with Gasteiger partial charge in [0.1, 0.15) is 5.60 Å². The molecule has 0 saturated carbocycles. The monoisotopic (exact) mass is 428 g/mol. The fraction of sp³-hybridized carbons (Fsp3) is 0.467. The van der Waals surface area contributed by atoms with Crippen molar-refractivity contribution in [2.75, 3.05) is 24.6 Å². The number of nitrogens with two attached hydrogens (primary N) is 4. The molecule has 0 fully saturated rings. The fourth-order valence-electron chi connectivity index (χ4n) is 1.74. The minimum atomic E-state index is -0.734. The van der Waals surface area contributed by atoms with Crippen LogP contribution in [0.5, 0.6) is 0 Å². The summed E-state index contributed by atoms with van der Waals surface area (Å²) < 4.78 is 5.04. The predicted octanol–water partition coefficient (Wildman–Crippen LogP) is -0.432. The van der Waals surface area contributed by atoms with Crippen molar-refractivity contribution in [2.45, 2.75) is 32.8 Å². The molecule has 0 aromatic carbocycles. The Bertz CT molecular complexity index is 819. The van der Waals surface area contributed by atoms with Crippen LogP contribution in [0.1, 0.15) is 37.7 Å². The minimum absolute atomic E-state index is 0.0845. The van der Waals surface area contributed by atoms with Gasteiger partial charge in [-0.15, -0.1) is 0 Å². The number of carbonyl (C=O) groups excluding carboxylic acids is 2. The number of alkyl carbamates (subject to hydrolysis) is 1. The third-order valence-corrected chi connectivity index (χ3v) is 3.15. The molecule has 13 nitrogen and oxygen atoms in total. The van der Waals surface area contributed by atoms with Gasteiger partial charge >= 0.3 is 6.09 Å². The van der Waals surface area contributed by atoms with E-state index in [-0.39, 0.29) is 47.5 Å². The second-order valence-electron chi connectivity index (χ2n) is 6.60. The maximum absolute atomic E-state index is 12.1. The molecule has 2 amide bonds. The number of hydrogen-bond acceptors (Lipinski definition) is 9. The van der Waals surface area contributed by atoms with Crippen molar-refractivity contribution in [3.8, 4) is 0 Å². The first-order valence-electron chi connectivity index (χ1n) is 8.38. The SMILES string of the molecule is CC(C)(C)OC(=O)NC(N)=NCCCN=C(N)NC(=O)c1nc(Cl)c(N)nc1N. The van der Waals surface area contributed by atoms with Crippen molar-refractivity contribution in [1.82, 2.24) is 20.6 Å². The summed E-state index contributed by atoms with van der Waals surface area (Å²) in [6.45, 7) is 5.68. The molecule has 14 heteroatoms. The zero-order valence-electron chi connectivity index (χ0n) is 16.3. The number of ether oxygens (including phenoxy) is 1. The van der Waals surface area contributed by atoms with E-state index in [0.717, 1.165) is 0 Å². The quantitative estimate of drug-likeness (QED) is 0.203. The zero-order chi connectivity index (χ0) is 22.2. The van der Waals surface area contributed by atoms with Crippen LogP contribution in [0.4, 0.5) is 16.4 Å². The van der Waals surface area contributed by atoms with Crippen LogP contribution >= 0.6 is 11.6 Å². The number of nitrogen functional groups attached to an aromatic ring is 2. The summed E-state index contributed by atoms with van der Waals surface area (Å²) in [4.78, 5) is 39.0. The number of amides is 2. The molecule has 0 bridgehead atoms. The number of guanidine groups is 2. The molecule has 0 aliphatic heterocycles. The first-order valence-corrected chi connectivity index (χ1v) is 8.76. The van der Waals surface area contributed by atoms with E-state index in [4.69, 9.17) is 39.3 Å². The van der Waals surface area contributed by atoms with Crippen molar-refractivity contribution >= 4 is 47.2 Å². The van der Waals surface area contributed by atoms with E-state index < -0.39 is 17.6 Å². The maximum atomic E-state index is 12.1. The summed E-state index contributed by atoms with van der Waals surface area (Å²) in [6, 6.07) is 0. The van der Waals surface area contributed by atoms with Crippen LogP contribution in [0.2, 0.25) is 5.15 Å². The molecule has 10 N–H and O–H groups in total. The second-order valence-corrected chi connectivity index (χ2v) is 6.96. The molecule has 0 aliphatic carbocycles. The van der Waals surface area contributed by atoms with E-state index >= 15 is 0 Å². The lowest BCUT2D eigenvalue weighted by molar-refractivity contribution is 0.0562. The van der Waals surface area contributed by atoms with Gasteiger partial charge in [-0.05, 0) is 27.2 Å². The van der Waals surface area contributed by atoms with Gasteiger partial charge in [0.25, 0.3) is 5.91 Å². The normalized spacial score (nSPS) is 12.4. The predicted molar refractivity (Wildman–Crippen MR) is 110 cm³/mol. The van der Waals surface area contributed by atoms with Crippen molar-refractivity contribution < 1.29 is 14.3 Å². The van der Waals surface area contributed by atoms with Crippen molar-refractivity contribution in [2.24, 2.45) is 21.5 Å². The van der Waals surface area contributed by atoms with Gasteiger partial charge < -0.3 is 27.7 Å². The molecule has 0 atom stereocenters. The van der Waals surface area contributed by atoms with Crippen molar-refractivity contribution in [3.05, 3.63) is 10.8 Å². The average Bonchev–Trinajstić information content (AvgIpc) is 2.55. The first kappa shape index (κ1) is 23.7. The Morgan fingerprint density at radius 2 is 1.59 bits per heavy atom. The number of aromatic nitrogens is 2. The Morgan fingerprint density at radius 1 is 1.03 bits per heavy atom. The number of hydrogen-bond donors (Lipinski definition) is 6. The summed E-state index contributed by atoms with van der Waals surface area (Å²) >= 11 is 5.72. The van der Waals surface area contributed by atoms with Gasteiger partial charge in [0.05, 0.1) is 0 Å². The summed E-state index contributed by atoms with van der Waals surface area (Å²) in [6.07, 6.45) is -0.253. The third-order valence-electron chi connectivity index (χ3n) is 2.87. The fourth-order valence-corrected chi connectivity index (χ4v) is 1.87. The highest BCUT2D eigenvalue weighted by Gasteiger charge is 2.17. The average molecular weight is 429 g/mol. The van der Waals surface area contributed by atoms with Gasteiger partial charge in [-0.25, -0.2) is 14.8 Å². The lowest BCUT2D eigenvalue weighted by atomic mass is 10.2. The summed E-state index contributed by atoms with van der Waals surface area (Å²) in [5.41, 5.74) is 21.4. The molecule has 0 spiro atoms. The van der Waals surface area contributed by atoms with Gasteiger partial charge in [-0.3, -0.25) is 25.4 Å². The molecule has 1 aromatic rings. The highest BCUT2D eigenvalue weighted by atomic mass is 35.5. The van der Waals surface area contributed by atoms with Crippen LogP contribution in [0.3, 0.4) is 0 Å². The standard InChI is InChI=1S/C15H25ClN10O3/c1-15(2,3)29-14(28)26-13(20)22-6-4-5-21-12(19)25-11(27)7-9(17)24-10(18)8(16)23-7/h4-6H2,1-3H3,(H4,17,18,24)(H3,19,21,25,27)(H3,20,22,26,28). The Morgan fingerprint density at radius 3 is 2.14 bits per heavy atom. The topological polar surface area (TPSA) is 222 Å². The molecule has 1 rings (SSSR count). The number of rotatable bonds is 5. The Labute approximate surface area is 172 Å². The van der Waals surface area contributed by atoms with Crippen LogP contribution in [-0.4, -0.2) is 52.6 Å². The minimum Gasteiger partial charge on any atom is -0.444 e. The van der Waals surface area contributed by atoms with E-state index in [2.05, 4.69) is 30.6 Å². The highest BCUT2D eigenvalue weighted by Crippen LogP contribution is 2.17. The molecule has 1 aromatic heterocycles. The van der Waals surface area contributed by atoms with Gasteiger partial charge in [-0.1, -0.05) is 11.6 Å². The Hall–Kier alpha value is -3.35. The van der Waals surface area contributed by atoms with Gasteiger partial charge in [0, 0.05) is 13.1 Å². The largest absolute Gasteiger partial charge is 0.444 e. The number of nitrogens with one attached hydrogen (secondary N) is 2. The van der Waals surface area contributed by atoms with E-state index in [1.807, 2.05) is 0 Å². The Balaban J connectivity index is 2.45. The molecular formula is C15H25ClN10O3. The van der Waals surface area contributed by atoms with Crippen LogP contribution in [0.15, 0.2) is 9.98 Å². The van der Waals surface area contributed by atoms with Crippen LogP contribution < -0.4 is 33.6 Å². The first-order chi connectivity index (χ1) is 13.4. The number of nitrogens with zero attached hydrogens (tertiary/aromatic N) is 4. The molecule has 0 unspecified atom stereocenters. The third kappa shape index (κ3) is 8.92. The second kappa shape index (κ2) is 10.3. The van der Waals surface area contributed by atoms with Crippen molar-refractivity contribution in [1.29, 1.82) is 0 Å². The Kier molecular flexibility index (Phi) is 8.38. The number of halogens is 1. The van der Waals surface area contributed by atoms with E-state index in [9.17, 15) is 9.59 Å². The van der Waals surface area contributed by atoms with E-state index in [0.29, 0.717) is 6.42 Å². The summed E-state index contributed by atoms with van der Waals surface area (Å²) in [5.74, 6) is -1.27. The van der Waals surface area contributed by atoms with E-state index in [1.54, 1.807) is 20.8 Å². The molecule has 29 heavy (non-hydrogen) atoms. The van der Waals surface area contributed by atoms with Gasteiger partial charge in [-0.2, -0.15) is 0 Å². The lowest BCUT2D eigenvalue weighted by Crippen LogP contribution is -2.40. The number of carbonyl (C=O) groups is 2. The van der Waals surface area contributed by atoms with Crippen LogP contribution in [0.25, 0.3) is 0 Å². The number of anilines is 2. The lowest BCUT2D eigenvalue weighted by Gasteiger charge is -2.19. The van der Waals surface area contributed by atoms with Gasteiger partial charge in [0.2, 0.25) is 0 Å². The smallest absolute Gasteiger partial charge is 0.414 e. The summed E-state index contributed by atoms with van der Waals surface area (Å²) in [5, 5.41) is 4.45. The van der Waals surface area contributed by atoms with Crippen LogP contribution in [-0.2, 0) is 4.74 Å². The van der Waals surface area contributed by atoms with Crippen LogP contribution in [0, 0.1) is 0 Å². The molecule has 0 radical (unpaired) electrons. The van der Waals surface area contributed by atoms with E-state index in [1.165, 1.54) is 0 Å². The zero-order valence-corrected chi connectivity index (χ0v) is 17.1. The molecule has 0 saturated heterocycles. The molecule has 0 aliphatic rings.